The van der Waals surface area contributed by atoms with Crippen LogP contribution in [0.1, 0.15) is 19.8 Å². The lowest BCUT2D eigenvalue weighted by atomic mass is 10.0. The molecule has 15 heavy (non-hydrogen) atoms. The summed E-state index contributed by atoms with van der Waals surface area (Å²) in [6.45, 7) is 1.86. The minimum atomic E-state index is -1.36. The van der Waals surface area contributed by atoms with Crippen molar-refractivity contribution < 1.29 is 29.7 Å². The molecule has 0 saturated carbocycles. The summed E-state index contributed by atoms with van der Waals surface area (Å²) in [5.74, 6) is 0. The second kappa shape index (κ2) is 5.79. The summed E-state index contributed by atoms with van der Waals surface area (Å²) in [6, 6.07) is 0. The number of aliphatic hydroxyl groups is 3. The Balaban J connectivity index is 2.41. The number of aliphatic hydroxyl groups excluding tert-OH is 3. The van der Waals surface area contributed by atoms with Crippen molar-refractivity contribution in [3.63, 3.8) is 0 Å². The molecule has 0 unspecified atom stereocenters. The van der Waals surface area contributed by atoms with E-state index < -0.39 is 31.7 Å². The van der Waals surface area contributed by atoms with Crippen LogP contribution in [-0.2, 0) is 9.31 Å². The van der Waals surface area contributed by atoms with Crippen molar-refractivity contribution in [2.75, 3.05) is 6.61 Å². The van der Waals surface area contributed by atoms with Gasteiger partial charge in [0.25, 0.3) is 0 Å². The predicted molar refractivity (Wildman–Crippen MR) is 51.7 cm³/mol. The fraction of sp³-hybridized carbons (Fsp3) is 1.00. The Morgan fingerprint density at radius 2 is 2.07 bits per heavy atom. The third kappa shape index (κ3) is 3.41. The van der Waals surface area contributed by atoms with Crippen molar-refractivity contribution in [1.82, 2.24) is 0 Å². The summed E-state index contributed by atoms with van der Waals surface area (Å²) in [5, 5.41) is 37.5. The smallest absolute Gasteiger partial charge is 0.402 e. The van der Waals surface area contributed by atoms with Crippen molar-refractivity contribution in [3.05, 3.63) is 0 Å². The zero-order valence-electron chi connectivity index (χ0n) is 8.61. The Labute approximate surface area is 88.6 Å². The van der Waals surface area contributed by atoms with Gasteiger partial charge in [-0.1, -0.05) is 13.3 Å². The lowest BCUT2D eigenvalue weighted by Crippen LogP contribution is -2.45. The first kappa shape index (κ1) is 12.9. The Bertz CT molecular complexity index is 192. The van der Waals surface area contributed by atoms with Gasteiger partial charge in [-0.3, -0.25) is 0 Å². The SMILES string of the molecule is CCC[C@H](O)[C@@H](O)[C@H](O)[C@H]1COB(O)O1. The number of rotatable bonds is 5. The van der Waals surface area contributed by atoms with Crippen molar-refractivity contribution >= 4 is 7.32 Å². The molecule has 1 fully saturated rings. The Morgan fingerprint density at radius 1 is 1.40 bits per heavy atom. The maximum atomic E-state index is 9.61. The third-order valence-corrected chi connectivity index (χ3v) is 2.40. The van der Waals surface area contributed by atoms with Gasteiger partial charge in [0.1, 0.15) is 12.2 Å². The monoisotopic (exact) mass is 220 g/mol. The van der Waals surface area contributed by atoms with Gasteiger partial charge in [-0.15, -0.1) is 0 Å². The van der Waals surface area contributed by atoms with Crippen molar-refractivity contribution in [1.29, 1.82) is 0 Å². The summed E-state index contributed by atoms with van der Waals surface area (Å²) < 4.78 is 9.44. The van der Waals surface area contributed by atoms with Crippen LogP contribution in [-0.4, -0.2) is 58.7 Å². The Hall–Kier alpha value is -0.175. The number of hydrogen-bond acceptors (Lipinski definition) is 6. The van der Waals surface area contributed by atoms with Gasteiger partial charge in [-0.2, -0.15) is 0 Å². The molecule has 4 atom stereocenters. The number of hydrogen-bond donors (Lipinski definition) is 4. The van der Waals surface area contributed by atoms with Crippen LogP contribution in [0.3, 0.4) is 0 Å². The molecule has 6 nitrogen and oxygen atoms in total. The van der Waals surface area contributed by atoms with E-state index in [4.69, 9.17) is 9.68 Å². The molecule has 1 heterocycles. The molecule has 0 aromatic carbocycles. The minimum Gasteiger partial charge on any atom is -0.402 e. The van der Waals surface area contributed by atoms with Gasteiger partial charge in [-0.05, 0) is 6.42 Å². The molecule has 0 aliphatic carbocycles. The Morgan fingerprint density at radius 3 is 2.53 bits per heavy atom. The molecule has 88 valence electrons. The van der Waals surface area contributed by atoms with Gasteiger partial charge in [0.15, 0.2) is 0 Å². The standard InChI is InChI=1S/C8H17BO6/c1-2-3-5(10)7(11)8(12)6-4-14-9(13)15-6/h5-8,10-13H,2-4H2,1H3/t5-,6+,7+,8+/m0/s1. The Kier molecular flexibility index (Phi) is 4.97. The van der Waals surface area contributed by atoms with E-state index in [0.717, 1.165) is 0 Å². The molecular weight excluding hydrogens is 203 g/mol. The van der Waals surface area contributed by atoms with Crippen LogP contribution in [0.5, 0.6) is 0 Å². The van der Waals surface area contributed by atoms with Crippen LogP contribution in [0.2, 0.25) is 0 Å². The zero-order chi connectivity index (χ0) is 11.4. The molecule has 7 heteroatoms. The lowest BCUT2D eigenvalue weighted by Gasteiger charge is -2.25. The van der Waals surface area contributed by atoms with E-state index in [1.165, 1.54) is 0 Å². The fourth-order valence-electron chi connectivity index (χ4n) is 1.50. The summed E-state index contributed by atoms with van der Waals surface area (Å²) in [7, 11) is -1.36. The zero-order valence-corrected chi connectivity index (χ0v) is 8.61. The molecule has 0 radical (unpaired) electrons. The van der Waals surface area contributed by atoms with E-state index in [1.54, 1.807) is 0 Å². The molecule has 0 amide bonds. The largest absolute Gasteiger partial charge is 0.637 e. The third-order valence-electron chi connectivity index (χ3n) is 2.40. The summed E-state index contributed by atoms with van der Waals surface area (Å²) >= 11 is 0. The normalized spacial score (nSPS) is 27.8. The first-order valence-corrected chi connectivity index (χ1v) is 5.05. The lowest BCUT2D eigenvalue weighted by molar-refractivity contribution is -0.0971. The van der Waals surface area contributed by atoms with E-state index in [0.29, 0.717) is 12.8 Å². The fourth-order valence-corrected chi connectivity index (χ4v) is 1.50. The van der Waals surface area contributed by atoms with Crippen LogP contribution in [0.25, 0.3) is 0 Å². The van der Waals surface area contributed by atoms with Gasteiger partial charge in [0, 0.05) is 0 Å². The van der Waals surface area contributed by atoms with Gasteiger partial charge in [0.2, 0.25) is 0 Å². The summed E-state index contributed by atoms with van der Waals surface area (Å²) in [4.78, 5) is 0. The van der Waals surface area contributed by atoms with Crippen LogP contribution >= 0.6 is 0 Å². The average Bonchev–Trinajstić information content (AvgIpc) is 2.63. The van der Waals surface area contributed by atoms with E-state index >= 15 is 0 Å². The maximum Gasteiger partial charge on any atom is 0.637 e. The molecule has 1 rings (SSSR count). The summed E-state index contributed by atoms with van der Waals surface area (Å²) in [6.07, 6.45) is -3.25. The second-order valence-electron chi connectivity index (χ2n) is 3.65. The molecular formula is C8H17BO6. The molecule has 0 bridgehead atoms. The van der Waals surface area contributed by atoms with E-state index in [1.807, 2.05) is 6.92 Å². The first-order chi connectivity index (χ1) is 7.06. The molecule has 1 aliphatic rings. The average molecular weight is 220 g/mol. The molecule has 1 saturated heterocycles. The van der Waals surface area contributed by atoms with Crippen LogP contribution in [0, 0.1) is 0 Å². The molecule has 1 aliphatic heterocycles. The van der Waals surface area contributed by atoms with E-state index in [9.17, 15) is 15.3 Å². The highest BCUT2D eigenvalue weighted by atomic mass is 16.7. The van der Waals surface area contributed by atoms with Crippen LogP contribution in [0.4, 0.5) is 0 Å². The van der Waals surface area contributed by atoms with Crippen LogP contribution in [0.15, 0.2) is 0 Å². The quantitative estimate of drug-likeness (QED) is 0.410. The molecule has 0 aromatic rings. The van der Waals surface area contributed by atoms with Gasteiger partial charge < -0.3 is 29.7 Å². The van der Waals surface area contributed by atoms with Crippen LogP contribution < -0.4 is 0 Å². The molecule has 0 spiro atoms. The predicted octanol–water partition coefficient (Wildman–Crippen LogP) is -1.74. The first-order valence-electron chi connectivity index (χ1n) is 5.05. The topological polar surface area (TPSA) is 99.4 Å². The highest BCUT2D eigenvalue weighted by Gasteiger charge is 2.39. The van der Waals surface area contributed by atoms with Crippen molar-refractivity contribution in [3.8, 4) is 0 Å². The highest BCUT2D eigenvalue weighted by molar-refractivity contribution is 6.35. The van der Waals surface area contributed by atoms with Gasteiger partial charge >= 0.3 is 7.32 Å². The van der Waals surface area contributed by atoms with E-state index in [-0.39, 0.29) is 6.61 Å². The van der Waals surface area contributed by atoms with E-state index in [2.05, 4.69) is 4.65 Å². The molecule has 0 aromatic heterocycles. The van der Waals surface area contributed by atoms with Crippen molar-refractivity contribution in [2.24, 2.45) is 0 Å². The molecule has 4 N–H and O–H groups in total. The van der Waals surface area contributed by atoms with Crippen molar-refractivity contribution in [2.45, 2.75) is 44.2 Å². The van der Waals surface area contributed by atoms with Gasteiger partial charge in [-0.25, -0.2) is 0 Å². The minimum absolute atomic E-state index is 0.00175. The summed E-state index contributed by atoms with van der Waals surface area (Å²) in [5.41, 5.74) is 0. The van der Waals surface area contributed by atoms with Gasteiger partial charge in [0.05, 0.1) is 18.8 Å². The maximum absolute atomic E-state index is 9.61. The highest BCUT2D eigenvalue weighted by Crippen LogP contribution is 2.16. The second-order valence-corrected chi connectivity index (χ2v) is 3.65.